The van der Waals surface area contributed by atoms with Crippen LogP contribution in [0.3, 0.4) is 0 Å². The Labute approximate surface area is 93.8 Å². The van der Waals surface area contributed by atoms with Crippen molar-refractivity contribution in [3.05, 3.63) is 16.0 Å². The van der Waals surface area contributed by atoms with Crippen LogP contribution in [0.4, 0.5) is 11.6 Å². The molecule has 2 atom stereocenters. The molecule has 0 saturated heterocycles. The number of aromatic amines is 1. The summed E-state index contributed by atoms with van der Waals surface area (Å²) in [6.07, 6.45) is 0. The Balaban J connectivity index is 2.51. The molecule has 1 aromatic rings. The van der Waals surface area contributed by atoms with Crippen molar-refractivity contribution in [2.45, 2.75) is 20.4 Å². The molecule has 3 N–H and O–H groups in total. The maximum absolute atomic E-state index is 12.5. The molecule has 0 bridgehead atoms. The highest BCUT2D eigenvalue weighted by Crippen LogP contribution is 2.36. The van der Waals surface area contributed by atoms with E-state index >= 15 is 0 Å². The van der Waals surface area contributed by atoms with Gasteiger partial charge in [0.1, 0.15) is 12.1 Å². The summed E-state index contributed by atoms with van der Waals surface area (Å²) in [6, 6.07) is 0. The van der Waals surface area contributed by atoms with Crippen LogP contribution in [0, 0.1) is 10.4 Å². The van der Waals surface area contributed by atoms with Crippen LogP contribution in [0.25, 0.3) is 0 Å². The molecule has 0 spiro atoms. The molecule has 0 amide bonds. The van der Waals surface area contributed by atoms with Gasteiger partial charge in [0, 0.05) is 0 Å². The van der Waals surface area contributed by atoms with Gasteiger partial charge >= 0.3 is 0 Å². The Bertz CT molecular complexity index is 407. The molecule has 16 heavy (non-hydrogen) atoms. The minimum Gasteiger partial charge on any atom is -0.628 e. The molecular formula is C9H17N5O2. The van der Waals surface area contributed by atoms with E-state index in [4.69, 9.17) is 5.73 Å². The summed E-state index contributed by atoms with van der Waals surface area (Å²) in [7, 11) is 0. The zero-order valence-corrected chi connectivity index (χ0v) is 9.56. The van der Waals surface area contributed by atoms with Crippen molar-refractivity contribution in [2.24, 2.45) is 0 Å². The second-order valence-electron chi connectivity index (χ2n) is 4.32. The van der Waals surface area contributed by atoms with Gasteiger partial charge < -0.3 is 20.8 Å². The van der Waals surface area contributed by atoms with Crippen LogP contribution in [0.1, 0.15) is 19.4 Å². The Hall–Kier alpha value is -1.15. The third-order valence-corrected chi connectivity index (χ3v) is 3.30. The van der Waals surface area contributed by atoms with E-state index in [1.807, 2.05) is 0 Å². The second kappa shape index (κ2) is 3.42. The smallest absolute Gasteiger partial charge is 0.239 e. The lowest BCUT2D eigenvalue weighted by molar-refractivity contribution is -0.902. The summed E-state index contributed by atoms with van der Waals surface area (Å²) in [5.41, 5.74) is 6.26. The van der Waals surface area contributed by atoms with Gasteiger partial charge in [-0.2, -0.15) is 5.10 Å². The molecule has 2 heterocycles. The molecule has 2 rings (SSSR count). The summed E-state index contributed by atoms with van der Waals surface area (Å²) in [6.45, 7) is 4.44. The number of nitrogen functional groups attached to an aromatic ring is 1. The van der Waals surface area contributed by atoms with E-state index in [2.05, 4.69) is 10.2 Å². The van der Waals surface area contributed by atoms with Crippen LogP contribution in [0.15, 0.2) is 0 Å². The van der Waals surface area contributed by atoms with E-state index in [1.54, 1.807) is 13.8 Å². The van der Waals surface area contributed by atoms with Gasteiger partial charge in [0.25, 0.3) is 0 Å². The molecule has 0 fully saturated rings. The minimum atomic E-state index is -0.670. The lowest BCUT2D eigenvalue weighted by Crippen LogP contribution is -2.61. The summed E-state index contributed by atoms with van der Waals surface area (Å²) in [5, 5.41) is 31.3. The molecule has 7 heteroatoms. The van der Waals surface area contributed by atoms with E-state index in [9.17, 15) is 10.4 Å². The molecule has 1 aliphatic heterocycles. The van der Waals surface area contributed by atoms with Crippen molar-refractivity contribution in [3.63, 3.8) is 0 Å². The van der Waals surface area contributed by atoms with Crippen LogP contribution >= 0.6 is 0 Å². The quantitative estimate of drug-likeness (QED) is 0.571. The number of quaternary nitrogens is 2. The predicted octanol–water partition coefficient (Wildman–Crippen LogP) is 0.622. The normalized spacial score (nSPS) is 33.8. The predicted molar refractivity (Wildman–Crippen MR) is 61.4 cm³/mol. The minimum absolute atomic E-state index is 0.0123. The van der Waals surface area contributed by atoms with E-state index in [0.29, 0.717) is 24.5 Å². The van der Waals surface area contributed by atoms with Crippen molar-refractivity contribution in [3.8, 4) is 0 Å². The molecule has 0 aliphatic carbocycles. The Kier molecular flexibility index (Phi) is 2.43. The van der Waals surface area contributed by atoms with Crippen LogP contribution in [-0.4, -0.2) is 34.6 Å². The first kappa shape index (κ1) is 11.3. The van der Waals surface area contributed by atoms with Gasteiger partial charge in [-0.15, -0.1) is 0 Å². The van der Waals surface area contributed by atoms with Gasteiger partial charge in [-0.05, 0) is 13.8 Å². The zero-order valence-electron chi connectivity index (χ0n) is 9.56. The number of anilines is 1. The van der Waals surface area contributed by atoms with Gasteiger partial charge in [-0.25, -0.2) is 5.10 Å². The van der Waals surface area contributed by atoms with Crippen LogP contribution in [0.2, 0.25) is 0 Å². The Morgan fingerprint density at radius 3 is 2.62 bits per heavy atom. The summed E-state index contributed by atoms with van der Waals surface area (Å²) in [5.74, 6) is 0.714. The first-order valence-electron chi connectivity index (χ1n) is 5.42. The van der Waals surface area contributed by atoms with Gasteiger partial charge in [-0.3, -0.25) is 4.65 Å². The third-order valence-electron chi connectivity index (χ3n) is 3.30. The number of aromatic nitrogens is 2. The summed E-state index contributed by atoms with van der Waals surface area (Å²) >= 11 is 0. The Morgan fingerprint density at radius 2 is 2.06 bits per heavy atom. The number of fused-ring (bicyclic) bond motifs is 1. The molecule has 1 aliphatic rings. The highest BCUT2D eigenvalue weighted by atomic mass is 16.6. The first-order chi connectivity index (χ1) is 7.44. The average molecular weight is 227 g/mol. The second-order valence-corrected chi connectivity index (χ2v) is 4.32. The number of hydrogen-bond donors (Lipinski definition) is 2. The van der Waals surface area contributed by atoms with Crippen molar-refractivity contribution in [1.29, 1.82) is 0 Å². The van der Waals surface area contributed by atoms with Crippen LogP contribution in [0.5, 0.6) is 0 Å². The Morgan fingerprint density at radius 1 is 1.38 bits per heavy atom. The van der Waals surface area contributed by atoms with Crippen molar-refractivity contribution < 1.29 is 4.65 Å². The van der Waals surface area contributed by atoms with Gasteiger partial charge in [0.05, 0.1) is 13.1 Å². The zero-order chi connectivity index (χ0) is 12.0. The average Bonchev–Trinajstić information content (AvgIpc) is 2.61. The maximum Gasteiger partial charge on any atom is 0.239 e. The summed E-state index contributed by atoms with van der Waals surface area (Å²) in [4.78, 5) is 0. The van der Waals surface area contributed by atoms with Gasteiger partial charge in [-0.1, -0.05) is 0 Å². The fraction of sp³-hybridized carbons (Fsp3) is 0.667. The first-order valence-corrected chi connectivity index (χ1v) is 5.42. The van der Waals surface area contributed by atoms with Crippen LogP contribution < -0.4 is 10.4 Å². The molecular weight excluding hydrogens is 210 g/mol. The largest absolute Gasteiger partial charge is 0.628 e. The number of nitrogens with zero attached hydrogens (tertiary/aromatic N) is 3. The SMILES string of the molecule is CC[N+]1([O-])Cc2c(N)n[nH]c2[N+]([O-])(CC)C1. The molecule has 1 aromatic heterocycles. The fourth-order valence-corrected chi connectivity index (χ4v) is 2.16. The molecule has 90 valence electrons. The fourth-order valence-electron chi connectivity index (χ4n) is 2.16. The number of H-pyrrole nitrogens is 1. The number of nitrogens with one attached hydrogen (secondary N) is 1. The van der Waals surface area contributed by atoms with Crippen molar-refractivity contribution >= 4 is 11.6 Å². The van der Waals surface area contributed by atoms with Crippen molar-refractivity contribution in [1.82, 2.24) is 14.8 Å². The molecule has 0 aromatic carbocycles. The van der Waals surface area contributed by atoms with E-state index < -0.39 is 9.29 Å². The van der Waals surface area contributed by atoms with Crippen molar-refractivity contribution in [2.75, 3.05) is 25.5 Å². The summed E-state index contributed by atoms with van der Waals surface area (Å²) < 4.78 is -1.20. The highest BCUT2D eigenvalue weighted by Gasteiger charge is 2.40. The van der Waals surface area contributed by atoms with Gasteiger partial charge in [0.2, 0.25) is 12.5 Å². The molecule has 2 unspecified atom stereocenters. The monoisotopic (exact) mass is 227 g/mol. The lowest BCUT2D eigenvalue weighted by atomic mass is 10.2. The van der Waals surface area contributed by atoms with E-state index in [0.717, 1.165) is 0 Å². The lowest BCUT2D eigenvalue weighted by Gasteiger charge is -2.53. The number of rotatable bonds is 2. The third kappa shape index (κ3) is 1.49. The molecule has 0 radical (unpaired) electrons. The molecule has 7 nitrogen and oxygen atoms in total. The van der Waals surface area contributed by atoms with E-state index in [-0.39, 0.29) is 19.0 Å². The van der Waals surface area contributed by atoms with E-state index in [1.165, 1.54) is 0 Å². The van der Waals surface area contributed by atoms with Gasteiger partial charge in [0.15, 0.2) is 5.82 Å². The maximum atomic E-state index is 12.5. The number of hydrogen-bond acceptors (Lipinski definition) is 4. The highest BCUT2D eigenvalue weighted by molar-refractivity contribution is 5.56. The van der Waals surface area contributed by atoms with Crippen LogP contribution in [-0.2, 0) is 6.54 Å². The standard InChI is InChI=1S/C9H17N5O2/c1-3-13(15)5-7-8(10)11-12-9(7)14(16,4-2)6-13/h3-6H2,1-2H3,(H3,10,11,12). The topological polar surface area (TPSA) is 101 Å². The number of hydroxylamine groups is 5. The number of nitrogens with two attached hydrogens (primary N) is 1. The molecule has 0 saturated carbocycles.